The molecule has 2 aromatic carbocycles. The third-order valence-corrected chi connectivity index (χ3v) is 3.39. The van der Waals surface area contributed by atoms with Crippen LogP contribution in [0.5, 0.6) is 0 Å². The summed E-state index contributed by atoms with van der Waals surface area (Å²) < 4.78 is 53.9. The second-order valence-electron chi connectivity index (χ2n) is 4.81. The maximum absolute atomic E-state index is 14.0. The molecule has 0 aliphatic carbocycles. The molecule has 0 saturated carbocycles. The van der Waals surface area contributed by atoms with Crippen molar-refractivity contribution in [2.45, 2.75) is 0 Å². The molecular formula is C16H8F4N2O. The Morgan fingerprint density at radius 3 is 2.39 bits per heavy atom. The van der Waals surface area contributed by atoms with Crippen LogP contribution < -0.4 is 5.73 Å². The van der Waals surface area contributed by atoms with Crippen molar-refractivity contribution < 1.29 is 22.4 Å². The molecule has 1 aromatic heterocycles. The van der Waals surface area contributed by atoms with E-state index in [9.17, 15) is 22.4 Å². The Balaban J connectivity index is 2.31. The number of rotatable bonds is 2. The summed E-state index contributed by atoms with van der Waals surface area (Å²) in [7, 11) is 0. The third kappa shape index (κ3) is 2.40. The number of primary amides is 1. The summed E-state index contributed by atoms with van der Waals surface area (Å²) in [6.07, 6.45) is 1.17. The van der Waals surface area contributed by atoms with E-state index in [0.29, 0.717) is 11.5 Å². The lowest BCUT2D eigenvalue weighted by atomic mass is 10.00. The maximum atomic E-state index is 14.0. The molecule has 0 fully saturated rings. The monoisotopic (exact) mass is 320 g/mol. The van der Waals surface area contributed by atoms with Crippen LogP contribution in [0.4, 0.5) is 17.6 Å². The smallest absolute Gasteiger partial charge is 0.250 e. The molecule has 116 valence electrons. The van der Waals surface area contributed by atoms with E-state index in [0.717, 1.165) is 0 Å². The number of aromatic nitrogens is 1. The van der Waals surface area contributed by atoms with Crippen LogP contribution in [0.15, 0.2) is 36.5 Å². The van der Waals surface area contributed by atoms with E-state index >= 15 is 0 Å². The fourth-order valence-corrected chi connectivity index (χ4v) is 2.28. The van der Waals surface area contributed by atoms with E-state index in [4.69, 9.17) is 5.73 Å². The van der Waals surface area contributed by atoms with E-state index in [1.165, 1.54) is 24.4 Å². The van der Waals surface area contributed by atoms with Crippen LogP contribution in [-0.4, -0.2) is 10.9 Å². The van der Waals surface area contributed by atoms with Gasteiger partial charge in [-0.15, -0.1) is 0 Å². The first kappa shape index (κ1) is 15.0. The summed E-state index contributed by atoms with van der Waals surface area (Å²) in [5.74, 6) is -7.50. The quantitative estimate of drug-likeness (QED) is 0.446. The van der Waals surface area contributed by atoms with Crippen molar-refractivity contribution in [3.63, 3.8) is 0 Å². The van der Waals surface area contributed by atoms with E-state index in [1.807, 2.05) is 0 Å². The number of hydrogen-bond donors (Lipinski definition) is 1. The number of nitrogens with two attached hydrogens (primary N) is 1. The van der Waals surface area contributed by atoms with Crippen LogP contribution in [0.1, 0.15) is 10.4 Å². The van der Waals surface area contributed by atoms with Crippen molar-refractivity contribution >= 4 is 16.8 Å². The van der Waals surface area contributed by atoms with Gasteiger partial charge in [0.2, 0.25) is 5.91 Å². The number of halogens is 4. The Bertz CT molecular complexity index is 956. The van der Waals surface area contributed by atoms with Gasteiger partial charge in [0, 0.05) is 22.7 Å². The molecule has 2 N–H and O–H groups in total. The van der Waals surface area contributed by atoms with Crippen LogP contribution in [0.25, 0.3) is 22.0 Å². The van der Waals surface area contributed by atoms with Crippen LogP contribution in [0, 0.1) is 23.3 Å². The van der Waals surface area contributed by atoms with Crippen LogP contribution >= 0.6 is 0 Å². The number of nitrogens with zero attached hydrogens (tertiary/aromatic N) is 1. The first-order valence-electron chi connectivity index (χ1n) is 6.42. The van der Waals surface area contributed by atoms with Crippen molar-refractivity contribution in [3.8, 4) is 11.1 Å². The zero-order chi connectivity index (χ0) is 16.7. The van der Waals surface area contributed by atoms with E-state index in [-0.39, 0.29) is 16.6 Å². The number of pyridine rings is 1. The summed E-state index contributed by atoms with van der Waals surface area (Å²) in [4.78, 5) is 15.2. The minimum absolute atomic E-state index is 0.0637. The molecule has 0 saturated heterocycles. The highest BCUT2D eigenvalue weighted by Crippen LogP contribution is 2.32. The fraction of sp³-hybridized carbons (Fsp3) is 0. The van der Waals surface area contributed by atoms with Gasteiger partial charge in [-0.3, -0.25) is 9.78 Å². The molecule has 0 atom stereocenters. The average Bonchev–Trinajstić information content (AvgIpc) is 2.55. The zero-order valence-corrected chi connectivity index (χ0v) is 11.4. The van der Waals surface area contributed by atoms with Crippen molar-refractivity contribution in [1.82, 2.24) is 4.98 Å². The minimum Gasteiger partial charge on any atom is -0.366 e. The van der Waals surface area contributed by atoms with Gasteiger partial charge in [-0.2, -0.15) is 0 Å². The van der Waals surface area contributed by atoms with Gasteiger partial charge < -0.3 is 5.73 Å². The van der Waals surface area contributed by atoms with Crippen LogP contribution in [0.2, 0.25) is 0 Å². The van der Waals surface area contributed by atoms with Crippen LogP contribution in [-0.2, 0) is 0 Å². The Labute approximate surface area is 127 Å². The lowest BCUT2D eigenvalue weighted by Crippen LogP contribution is -2.11. The number of carbonyl (C=O) groups excluding carboxylic acids is 1. The van der Waals surface area contributed by atoms with Gasteiger partial charge in [-0.05, 0) is 12.1 Å². The predicted molar refractivity (Wildman–Crippen MR) is 75.5 cm³/mol. The normalized spacial score (nSPS) is 11.0. The molecule has 0 unspecified atom stereocenters. The van der Waals surface area contributed by atoms with Gasteiger partial charge in [0.05, 0.1) is 11.1 Å². The molecule has 0 aliphatic heterocycles. The zero-order valence-electron chi connectivity index (χ0n) is 11.4. The van der Waals surface area contributed by atoms with Crippen molar-refractivity contribution in [2.75, 3.05) is 0 Å². The summed E-state index contributed by atoms with van der Waals surface area (Å²) in [6, 6.07) is 6.43. The molecule has 1 amide bonds. The number of para-hydroxylation sites is 1. The molecule has 3 aromatic rings. The SMILES string of the molecule is NC(=O)c1cnc2c(-c3cc(F)c(F)c(F)c3F)cccc2c1. The molecule has 0 radical (unpaired) electrons. The number of fused-ring (bicyclic) bond motifs is 1. The molecule has 3 nitrogen and oxygen atoms in total. The predicted octanol–water partition coefficient (Wildman–Crippen LogP) is 3.56. The highest BCUT2D eigenvalue weighted by atomic mass is 19.2. The summed E-state index contributed by atoms with van der Waals surface area (Å²) in [5, 5.41) is 0.420. The second kappa shape index (κ2) is 5.35. The van der Waals surface area contributed by atoms with E-state index in [1.54, 1.807) is 6.07 Å². The summed E-state index contributed by atoms with van der Waals surface area (Å²) >= 11 is 0. The average molecular weight is 320 g/mol. The van der Waals surface area contributed by atoms with Crippen molar-refractivity contribution in [2.24, 2.45) is 5.73 Å². The molecule has 0 aliphatic rings. The molecule has 3 rings (SSSR count). The summed E-state index contributed by atoms with van der Waals surface area (Å²) in [6.45, 7) is 0. The Morgan fingerprint density at radius 2 is 1.70 bits per heavy atom. The number of hydrogen-bond acceptors (Lipinski definition) is 2. The highest BCUT2D eigenvalue weighted by Gasteiger charge is 2.21. The lowest BCUT2D eigenvalue weighted by Gasteiger charge is -2.09. The Hall–Kier alpha value is -2.96. The highest BCUT2D eigenvalue weighted by molar-refractivity contribution is 5.99. The topological polar surface area (TPSA) is 56.0 Å². The fourth-order valence-electron chi connectivity index (χ4n) is 2.28. The van der Waals surface area contributed by atoms with Gasteiger partial charge in [0.25, 0.3) is 0 Å². The van der Waals surface area contributed by atoms with Gasteiger partial charge in [-0.1, -0.05) is 18.2 Å². The molecule has 0 bridgehead atoms. The van der Waals surface area contributed by atoms with E-state index < -0.39 is 34.7 Å². The number of carbonyl (C=O) groups is 1. The molecule has 1 heterocycles. The largest absolute Gasteiger partial charge is 0.366 e. The van der Waals surface area contributed by atoms with Gasteiger partial charge in [-0.25, -0.2) is 17.6 Å². The third-order valence-electron chi connectivity index (χ3n) is 3.39. The summed E-state index contributed by atoms with van der Waals surface area (Å²) in [5.41, 5.74) is 5.08. The second-order valence-corrected chi connectivity index (χ2v) is 4.81. The van der Waals surface area contributed by atoms with Gasteiger partial charge in [0.15, 0.2) is 23.3 Å². The van der Waals surface area contributed by atoms with Crippen molar-refractivity contribution in [3.05, 3.63) is 65.4 Å². The number of benzene rings is 2. The molecule has 7 heteroatoms. The molecular weight excluding hydrogens is 312 g/mol. The standard InChI is InChI=1S/C16H8F4N2O/c17-11-5-10(12(18)14(20)13(11)19)9-3-1-2-7-4-8(16(21)23)6-22-15(7)9/h1-6H,(H2,21,23). The molecule has 0 spiro atoms. The van der Waals surface area contributed by atoms with Crippen molar-refractivity contribution in [1.29, 1.82) is 0 Å². The Morgan fingerprint density at radius 1 is 0.957 bits per heavy atom. The first-order chi connectivity index (χ1) is 10.9. The van der Waals surface area contributed by atoms with Crippen LogP contribution in [0.3, 0.4) is 0 Å². The Kier molecular flexibility index (Phi) is 3.48. The number of amides is 1. The van der Waals surface area contributed by atoms with Gasteiger partial charge in [0.1, 0.15) is 0 Å². The van der Waals surface area contributed by atoms with E-state index in [2.05, 4.69) is 4.98 Å². The first-order valence-corrected chi connectivity index (χ1v) is 6.42. The van der Waals surface area contributed by atoms with Gasteiger partial charge >= 0.3 is 0 Å². The minimum atomic E-state index is -1.90. The molecule has 23 heavy (non-hydrogen) atoms. The lowest BCUT2D eigenvalue weighted by molar-refractivity contribution is 0.1000. The maximum Gasteiger partial charge on any atom is 0.250 e.